The van der Waals surface area contributed by atoms with Crippen molar-refractivity contribution >= 4 is 0 Å². The fraction of sp³-hybridized carbons (Fsp3) is 1.00. The highest BCUT2D eigenvalue weighted by molar-refractivity contribution is 4.84. The molecule has 3 heteroatoms. The van der Waals surface area contributed by atoms with Gasteiger partial charge in [0.1, 0.15) is 0 Å². The number of unbranched alkanes of at least 4 members (excludes halogenated alkanes) is 2. The van der Waals surface area contributed by atoms with Gasteiger partial charge in [0.15, 0.2) is 0 Å². The zero-order valence-electron chi connectivity index (χ0n) is 13.4. The van der Waals surface area contributed by atoms with E-state index in [1.807, 2.05) is 0 Å². The van der Waals surface area contributed by atoms with Gasteiger partial charge in [-0.15, -0.1) is 0 Å². The summed E-state index contributed by atoms with van der Waals surface area (Å²) in [6.45, 7) is 6.01. The van der Waals surface area contributed by atoms with E-state index in [0.717, 1.165) is 18.6 Å². The van der Waals surface area contributed by atoms with Gasteiger partial charge >= 0.3 is 0 Å². The SMILES string of the molecule is COCCCCCN1CCCNC(C2CCCCC2)C1. The molecule has 2 aliphatic rings. The minimum atomic E-state index is 0.761. The fourth-order valence-electron chi connectivity index (χ4n) is 3.84. The van der Waals surface area contributed by atoms with Crippen LogP contribution in [0.25, 0.3) is 0 Å². The number of nitrogens with zero attached hydrogens (tertiary/aromatic N) is 1. The molecule has 2 rings (SSSR count). The van der Waals surface area contributed by atoms with E-state index in [2.05, 4.69) is 10.2 Å². The van der Waals surface area contributed by atoms with Crippen molar-refractivity contribution in [1.82, 2.24) is 10.2 Å². The van der Waals surface area contributed by atoms with E-state index in [-0.39, 0.29) is 0 Å². The molecule has 0 aromatic heterocycles. The first-order valence-electron chi connectivity index (χ1n) is 8.85. The number of nitrogens with one attached hydrogen (secondary N) is 1. The molecule has 1 heterocycles. The van der Waals surface area contributed by atoms with E-state index in [4.69, 9.17) is 4.74 Å². The van der Waals surface area contributed by atoms with Gasteiger partial charge in [-0.2, -0.15) is 0 Å². The van der Waals surface area contributed by atoms with Crippen molar-refractivity contribution < 1.29 is 4.74 Å². The van der Waals surface area contributed by atoms with E-state index >= 15 is 0 Å². The smallest absolute Gasteiger partial charge is 0.0462 e. The Bertz CT molecular complexity index is 241. The molecule has 1 saturated carbocycles. The molecular formula is C17H34N2O. The summed E-state index contributed by atoms with van der Waals surface area (Å²) in [4.78, 5) is 2.71. The maximum absolute atomic E-state index is 5.13. The van der Waals surface area contributed by atoms with Gasteiger partial charge in [0.2, 0.25) is 0 Å². The van der Waals surface area contributed by atoms with E-state index in [0.29, 0.717) is 0 Å². The Kier molecular flexibility index (Phi) is 7.92. The molecular weight excluding hydrogens is 248 g/mol. The van der Waals surface area contributed by atoms with Crippen LogP contribution in [0.5, 0.6) is 0 Å². The van der Waals surface area contributed by atoms with Crippen LogP contribution in [0.4, 0.5) is 0 Å². The lowest BCUT2D eigenvalue weighted by molar-refractivity contribution is 0.184. The summed E-state index contributed by atoms with van der Waals surface area (Å²) < 4.78 is 5.13. The number of hydrogen-bond donors (Lipinski definition) is 1. The van der Waals surface area contributed by atoms with Gasteiger partial charge in [-0.3, -0.25) is 0 Å². The third-order valence-corrected chi connectivity index (χ3v) is 5.05. The van der Waals surface area contributed by atoms with E-state index in [1.165, 1.54) is 84.0 Å². The molecule has 1 aliphatic carbocycles. The van der Waals surface area contributed by atoms with Gasteiger partial charge < -0.3 is 15.0 Å². The van der Waals surface area contributed by atoms with Crippen LogP contribution in [0.2, 0.25) is 0 Å². The first kappa shape index (κ1) is 16.3. The summed E-state index contributed by atoms with van der Waals surface area (Å²) in [5.41, 5.74) is 0. The maximum Gasteiger partial charge on any atom is 0.0462 e. The molecule has 1 saturated heterocycles. The second kappa shape index (κ2) is 9.75. The molecule has 3 nitrogen and oxygen atoms in total. The molecule has 0 bridgehead atoms. The van der Waals surface area contributed by atoms with Crippen LogP contribution >= 0.6 is 0 Å². The molecule has 118 valence electrons. The third kappa shape index (κ3) is 5.71. The summed E-state index contributed by atoms with van der Waals surface area (Å²) >= 11 is 0. The summed E-state index contributed by atoms with van der Waals surface area (Å²) in [5, 5.41) is 3.83. The van der Waals surface area contributed by atoms with Gasteiger partial charge in [-0.1, -0.05) is 19.3 Å². The lowest BCUT2D eigenvalue weighted by Crippen LogP contribution is -2.43. The quantitative estimate of drug-likeness (QED) is 0.726. The van der Waals surface area contributed by atoms with Crippen molar-refractivity contribution in [3.63, 3.8) is 0 Å². The fourth-order valence-corrected chi connectivity index (χ4v) is 3.84. The van der Waals surface area contributed by atoms with E-state index < -0.39 is 0 Å². The van der Waals surface area contributed by atoms with Crippen LogP contribution < -0.4 is 5.32 Å². The Morgan fingerprint density at radius 1 is 1.05 bits per heavy atom. The van der Waals surface area contributed by atoms with Crippen LogP contribution in [-0.2, 0) is 4.74 Å². The van der Waals surface area contributed by atoms with Crippen molar-refractivity contribution in [2.24, 2.45) is 5.92 Å². The van der Waals surface area contributed by atoms with Crippen molar-refractivity contribution in [3.8, 4) is 0 Å². The molecule has 1 unspecified atom stereocenters. The summed E-state index contributed by atoms with van der Waals surface area (Å²) in [6.07, 6.45) is 12.5. The zero-order chi connectivity index (χ0) is 14.0. The first-order chi connectivity index (χ1) is 9.90. The normalized spacial score (nSPS) is 26.6. The summed E-state index contributed by atoms with van der Waals surface area (Å²) in [7, 11) is 1.80. The molecule has 20 heavy (non-hydrogen) atoms. The van der Waals surface area contributed by atoms with Crippen LogP contribution in [-0.4, -0.2) is 50.8 Å². The van der Waals surface area contributed by atoms with E-state index in [9.17, 15) is 0 Å². The Morgan fingerprint density at radius 3 is 2.70 bits per heavy atom. The number of rotatable bonds is 7. The first-order valence-corrected chi connectivity index (χ1v) is 8.85. The average Bonchev–Trinajstić information content (AvgIpc) is 2.74. The molecule has 1 atom stereocenters. The highest BCUT2D eigenvalue weighted by Gasteiger charge is 2.26. The van der Waals surface area contributed by atoms with Crippen molar-refractivity contribution in [2.45, 2.75) is 63.8 Å². The summed E-state index contributed by atoms with van der Waals surface area (Å²) in [6, 6.07) is 0.761. The van der Waals surface area contributed by atoms with Crippen LogP contribution in [0.15, 0.2) is 0 Å². The van der Waals surface area contributed by atoms with Gasteiger partial charge in [0, 0.05) is 26.3 Å². The maximum atomic E-state index is 5.13. The second-order valence-electron chi connectivity index (χ2n) is 6.67. The Balaban J connectivity index is 1.69. The minimum absolute atomic E-state index is 0.761. The molecule has 0 aromatic carbocycles. The number of methoxy groups -OCH3 is 1. The van der Waals surface area contributed by atoms with Crippen molar-refractivity contribution in [3.05, 3.63) is 0 Å². The van der Waals surface area contributed by atoms with Gasteiger partial charge in [-0.25, -0.2) is 0 Å². The van der Waals surface area contributed by atoms with Crippen LogP contribution in [0, 0.1) is 5.92 Å². The number of hydrogen-bond acceptors (Lipinski definition) is 3. The molecule has 2 fully saturated rings. The monoisotopic (exact) mass is 282 g/mol. The van der Waals surface area contributed by atoms with Crippen molar-refractivity contribution in [1.29, 1.82) is 0 Å². The Labute approximate surface area is 125 Å². The average molecular weight is 282 g/mol. The Morgan fingerprint density at radius 2 is 1.90 bits per heavy atom. The lowest BCUT2D eigenvalue weighted by atomic mass is 9.83. The lowest BCUT2D eigenvalue weighted by Gasteiger charge is -2.33. The predicted molar refractivity (Wildman–Crippen MR) is 85.1 cm³/mol. The van der Waals surface area contributed by atoms with Crippen LogP contribution in [0.3, 0.4) is 0 Å². The topological polar surface area (TPSA) is 24.5 Å². The molecule has 0 radical (unpaired) electrons. The number of ether oxygens (including phenoxy) is 1. The van der Waals surface area contributed by atoms with Crippen LogP contribution in [0.1, 0.15) is 57.8 Å². The van der Waals surface area contributed by atoms with Crippen molar-refractivity contribution in [2.75, 3.05) is 39.9 Å². The largest absolute Gasteiger partial charge is 0.385 e. The van der Waals surface area contributed by atoms with Gasteiger partial charge in [0.05, 0.1) is 0 Å². The van der Waals surface area contributed by atoms with Gasteiger partial charge in [-0.05, 0) is 64.1 Å². The Hall–Kier alpha value is -0.120. The highest BCUT2D eigenvalue weighted by atomic mass is 16.5. The summed E-state index contributed by atoms with van der Waals surface area (Å²) in [5.74, 6) is 0.942. The molecule has 0 aromatic rings. The van der Waals surface area contributed by atoms with E-state index in [1.54, 1.807) is 7.11 Å². The standard InChI is InChI=1S/C17H34N2O/c1-20-14-7-3-6-12-19-13-8-11-18-17(15-19)16-9-4-2-5-10-16/h16-18H,2-15H2,1H3. The zero-order valence-corrected chi connectivity index (χ0v) is 13.4. The molecule has 0 spiro atoms. The van der Waals surface area contributed by atoms with Gasteiger partial charge in [0.25, 0.3) is 0 Å². The predicted octanol–water partition coefficient (Wildman–Crippen LogP) is 3.05. The minimum Gasteiger partial charge on any atom is -0.385 e. The second-order valence-corrected chi connectivity index (χ2v) is 6.67. The highest BCUT2D eigenvalue weighted by Crippen LogP contribution is 2.27. The molecule has 1 N–H and O–H groups in total. The third-order valence-electron chi connectivity index (χ3n) is 5.05. The molecule has 0 amide bonds. The molecule has 1 aliphatic heterocycles.